The molecular formula is C15H15Cl. The second-order valence-corrected chi connectivity index (χ2v) is 4.35. The summed E-state index contributed by atoms with van der Waals surface area (Å²) in [5.74, 6) is 0. The predicted octanol–water partition coefficient (Wildman–Crippen LogP) is 4.49. The maximum atomic E-state index is 6.13. The lowest BCUT2D eigenvalue weighted by Crippen LogP contribution is -1.89. The molecule has 0 heterocycles. The molecule has 0 saturated carbocycles. The third-order valence-corrected chi connectivity index (χ3v) is 3.15. The normalized spacial score (nSPS) is 10.4. The lowest BCUT2D eigenvalue weighted by atomic mass is 10.0. The largest absolute Gasteiger partial charge is 0.0840 e. The highest BCUT2D eigenvalue weighted by atomic mass is 35.5. The topological polar surface area (TPSA) is 0 Å². The number of aryl methyl sites for hydroxylation is 1. The van der Waals surface area contributed by atoms with Crippen LogP contribution in [0.5, 0.6) is 0 Å². The Hall–Kier alpha value is -1.27. The summed E-state index contributed by atoms with van der Waals surface area (Å²) in [5, 5.41) is 0.849. The van der Waals surface area contributed by atoms with Crippen molar-refractivity contribution in [3.05, 3.63) is 70.2 Å². The summed E-state index contributed by atoms with van der Waals surface area (Å²) in [4.78, 5) is 0. The average molecular weight is 231 g/mol. The molecule has 0 N–H and O–H groups in total. The minimum absolute atomic E-state index is 0.849. The van der Waals surface area contributed by atoms with E-state index in [0.717, 1.165) is 17.9 Å². The molecule has 0 aliphatic rings. The minimum Gasteiger partial charge on any atom is -0.0840 e. The molecule has 0 amide bonds. The van der Waals surface area contributed by atoms with E-state index in [-0.39, 0.29) is 0 Å². The Bertz CT molecular complexity index is 457. The van der Waals surface area contributed by atoms with Gasteiger partial charge in [0.15, 0.2) is 0 Å². The van der Waals surface area contributed by atoms with Crippen LogP contribution in [-0.2, 0) is 12.8 Å². The fourth-order valence-corrected chi connectivity index (χ4v) is 1.96. The predicted molar refractivity (Wildman–Crippen MR) is 70.1 cm³/mol. The molecule has 16 heavy (non-hydrogen) atoms. The summed E-state index contributed by atoms with van der Waals surface area (Å²) in [6.07, 6.45) is 2.00. The van der Waals surface area contributed by atoms with Crippen LogP contribution in [0.2, 0.25) is 5.02 Å². The van der Waals surface area contributed by atoms with Gasteiger partial charge in [-0.05, 0) is 35.6 Å². The minimum atomic E-state index is 0.849. The Morgan fingerprint density at radius 3 is 2.12 bits per heavy atom. The van der Waals surface area contributed by atoms with Crippen LogP contribution in [0.1, 0.15) is 23.6 Å². The van der Waals surface area contributed by atoms with Crippen molar-refractivity contribution in [2.45, 2.75) is 19.8 Å². The third-order valence-electron chi connectivity index (χ3n) is 2.78. The second kappa shape index (κ2) is 5.18. The van der Waals surface area contributed by atoms with E-state index in [0.29, 0.717) is 0 Å². The van der Waals surface area contributed by atoms with Crippen LogP contribution < -0.4 is 0 Å². The van der Waals surface area contributed by atoms with Gasteiger partial charge in [-0.1, -0.05) is 61.0 Å². The Kier molecular flexibility index (Phi) is 3.63. The van der Waals surface area contributed by atoms with Crippen molar-refractivity contribution in [3.63, 3.8) is 0 Å². The van der Waals surface area contributed by atoms with E-state index in [1.54, 1.807) is 0 Å². The van der Waals surface area contributed by atoms with E-state index < -0.39 is 0 Å². The van der Waals surface area contributed by atoms with Crippen LogP contribution in [0.15, 0.2) is 48.5 Å². The molecule has 0 fully saturated rings. The van der Waals surface area contributed by atoms with Gasteiger partial charge in [0.2, 0.25) is 0 Å². The zero-order valence-electron chi connectivity index (χ0n) is 9.41. The van der Waals surface area contributed by atoms with Gasteiger partial charge in [0.25, 0.3) is 0 Å². The number of hydrogen-bond acceptors (Lipinski definition) is 0. The number of hydrogen-bond donors (Lipinski definition) is 0. The molecule has 0 radical (unpaired) electrons. The molecule has 1 heteroatoms. The van der Waals surface area contributed by atoms with Crippen molar-refractivity contribution in [2.75, 3.05) is 0 Å². The summed E-state index contributed by atoms with van der Waals surface area (Å²) in [6.45, 7) is 2.17. The maximum absolute atomic E-state index is 6.13. The molecule has 0 atom stereocenters. The van der Waals surface area contributed by atoms with Gasteiger partial charge in [-0.3, -0.25) is 0 Å². The summed E-state index contributed by atoms with van der Waals surface area (Å²) in [5.41, 5.74) is 3.88. The molecule has 0 aliphatic carbocycles. The van der Waals surface area contributed by atoms with E-state index >= 15 is 0 Å². The van der Waals surface area contributed by atoms with Gasteiger partial charge >= 0.3 is 0 Å². The van der Waals surface area contributed by atoms with Gasteiger partial charge in [0, 0.05) is 5.02 Å². The molecular weight excluding hydrogens is 216 g/mol. The van der Waals surface area contributed by atoms with Crippen LogP contribution in [0.25, 0.3) is 0 Å². The van der Waals surface area contributed by atoms with Crippen molar-refractivity contribution in [1.82, 2.24) is 0 Å². The van der Waals surface area contributed by atoms with Crippen LogP contribution >= 0.6 is 11.6 Å². The van der Waals surface area contributed by atoms with Gasteiger partial charge in [-0.25, -0.2) is 0 Å². The van der Waals surface area contributed by atoms with Gasteiger partial charge < -0.3 is 0 Å². The highest BCUT2D eigenvalue weighted by Gasteiger charge is 2.00. The standard InChI is InChI=1S/C15H15Cl/c1-2-12-7-9-13(10-8-12)11-14-5-3-4-6-15(14)16/h3-10H,2,11H2,1H3. The molecule has 0 nitrogen and oxygen atoms in total. The van der Waals surface area contributed by atoms with Crippen molar-refractivity contribution >= 4 is 11.6 Å². The van der Waals surface area contributed by atoms with Crippen molar-refractivity contribution < 1.29 is 0 Å². The van der Waals surface area contributed by atoms with E-state index in [1.165, 1.54) is 16.7 Å². The highest BCUT2D eigenvalue weighted by Crippen LogP contribution is 2.19. The number of benzene rings is 2. The van der Waals surface area contributed by atoms with E-state index in [4.69, 9.17) is 11.6 Å². The SMILES string of the molecule is CCc1ccc(Cc2ccccc2Cl)cc1. The Balaban J connectivity index is 2.18. The highest BCUT2D eigenvalue weighted by molar-refractivity contribution is 6.31. The lowest BCUT2D eigenvalue weighted by Gasteiger charge is -2.05. The number of rotatable bonds is 3. The van der Waals surface area contributed by atoms with Gasteiger partial charge in [0.05, 0.1) is 0 Å². The van der Waals surface area contributed by atoms with Gasteiger partial charge in [0.1, 0.15) is 0 Å². The summed E-state index contributed by atoms with van der Waals surface area (Å²) < 4.78 is 0. The third kappa shape index (κ3) is 2.65. The first-order valence-corrected chi connectivity index (χ1v) is 5.98. The molecule has 82 valence electrons. The van der Waals surface area contributed by atoms with Crippen LogP contribution in [0.3, 0.4) is 0 Å². The molecule has 2 rings (SSSR count). The molecule has 0 spiro atoms. The first-order valence-electron chi connectivity index (χ1n) is 5.61. The molecule has 0 aromatic heterocycles. The summed E-state index contributed by atoms with van der Waals surface area (Å²) >= 11 is 6.13. The molecule has 0 unspecified atom stereocenters. The van der Waals surface area contributed by atoms with E-state index in [1.807, 2.05) is 18.2 Å². The maximum Gasteiger partial charge on any atom is 0.0441 e. The Labute approximate surface area is 102 Å². The molecule has 0 bridgehead atoms. The smallest absolute Gasteiger partial charge is 0.0441 e. The first-order chi connectivity index (χ1) is 7.79. The molecule has 0 aliphatic heterocycles. The fourth-order valence-electron chi connectivity index (χ4n) is 1.75. The zero-order valence-corrected chi connectivity index (χ0v) is 10.2. The Morgan fingerprint density at radius 1 is 0.875 bits per heavy atom. The fraction of sp³-hybridized carbons (Fsp3) is 0.200. The van der Waals surface area contributed by atoms with Crippen molar-refractivity contribution in [3.8, 4) is 0 Å². The van der Waals surface area contributed by atoms with Crippen LogP contribution in [0.4, 0.5) is 0 Å². The molecule has 0 saturated heterocycles. The monoisotopic (exact) mass is 230 g/mol. The van der Waals surface area contributed by atoms with E-state index in [9.17, 15) is 0 Å². The van der Waals surface area contributed by atoms with Crippen molar-refractivity contribution in [2.24, 2.45) is 0 Å². The lowest BCUT2D eigenvalue weighted by molar-refractivity contribution is 1.12. The average Bonchev–Trinajstić information content (AvgIpc) is 2.33. The molecule has 2 aromatic carbocycles. The van der Waals surface area contributed by atoms with Crippen LogP contribution in [-0.4, -0.2) is 0 Å². The zero-order chi connectivity index (χ0) is 11.4. The van der Waals surface area contributed by atoms with E-state index in [2.05, 4.69) is 37.3 Å². The first kappa shape index (κ1) is 11.2. The quantitative estimate of drug-likeness (QED) is 0.729. The molecule has 2 aromatic rings. The summed E-state index contributed by atoms with van der Waals surface area (Å²) in [6, 6.07) is 16.8. The van der Waals surface area contributed by atoms with Gasteiger partial charge in [-0.15, -0.1) is 0 Å². The van der Waals surface area contributed by atoms with Gasteiger partial charge in [-0.2, -0.15) is 0 Å². The summed E-state index contributed by atoms with van der Waals surface area (Å²) in [7, 11) is 0. The number of halogens is 1. The Morgan fingerprint density at radius 2 is 1.50 bits per heavy atom. The van der Waals surface area contributed by atoms with Crippen molar-refractivity contribution in [1.29, 1.82) is 0 Å². The van der Waals surface area contributed by atoms with Crippen LogP contribution in [0, 0.1) is 0 Å². The second-order valence-electron chi connectivity index (χ2n) is 3.94.